The maximum atomic E-state index is 14.6. The van der Waals surface area contributed by atoms with Crippen molar-refractivity contribution in [3.8, 4) is 0 Å². The molecule has 1 saturated carbocycles. The number of amides is 1. The number of aryl methyl sites for hydroxylation is 2. The number of hydrogen-bond donors (Lipinski definition) is 1. The van der Waals surface area contributed by atoms with E-state index in [0.29, 0.717) is 28.9 Å². The maximum absolute atomic E-state index is 14.6. The fourth-order valence-electron chi connectivity index (χ4n) is 8.44. The highest BCUT2D eigenvalue weighted by Crippen LogP contribution is 2.46. The third-order valence-electron chi connectivity index (χ3n) is 10.2. The van der Waals surface area contributed by atoms with Crippen molar-refractivity contribution in [1.29, 1.82) is 0 Å². The molecule has 0 unspecified atom stereocenters. The number of piperidine rings is 1. The van der Waals surface area contributed by atoms with E-state index >= 15 is 0 Å². The van der Waals surface area contributed by atoms with Gasteiger partial charge in [-0.1, -0.05) is 43.5 Å². The molecule has 0 radical (unpaired) electrons. The predicted octanol–water partition coefficient (Wildman–Crippen LogP) is 4.58. The van der Waals surface area contributed by atoms with E-state index < -0.39 is 0 Å². The molecule has 6 rings (SSSR count). The number of carbonyl (C=O) groups is 1. The van der Waals surface area contributed by atoms with Crippen LogP contribution in [0.3, 0.4) is 0 Å². The number of benzene rings is 1. The topological polar surface area (TPSA) is 51.1 Å². The van der Waals surface area contributed by atoms with E-state index in [2.05, 4.69) is 52.5 Å². The van der Waals surface area contributed by atoms with Crippen LogP contribution in [-0.4, -0.2) is 36.5 Å². The maximum Gasteiger partial charge on any atom is 0.273 e. The Balaban J connectivity index is 1.31. The first-order chi connectivity index (χ1) is 17.6. The van der Waals surface area contributed by atoms with Gasteiger partial charge in [0.15, 0.2) is 5.69 Å². The second-order valence-electron chi connectivity index (χ2n) is 12.1. The van der Waals surface area contributed by atoms with Crippen LogP contribution in [0, 0.1) is 18.8 Å². The number of nitrogens with one attached hydrogen (secondary N) is 1. The first-order valence-electron chi connectivity index (χ1n) is 14.5. The normalized spacial score (nSPS) is 30.9. The predicted molar refractivity (Wildman–Crippen MR) is 143 cm³/mol. The summed E-state index contributed by atoms with van der Waals surface area (Å²) >= 11 is 6.33. The summed E-state index contributed by atoms with van der Waals surface area (Å²) in [5, 5.41) is 3.11. The number of rotatable bonds is 3. The van der Waals surface area contributed by atoms with Crippen molar-refractivity contribution >= 4 is 17.5 Å². The summed E-state index contributed by atoms with van der Waals surface area (Å²) in [6.45, 7) is 5.09. The van der Waals surface area contributed by atoms with E-state index in [-0.39, 0.29) is 11.3 Å². The monoisotopic (exact) mass is 507 g/mol. The summed E-state index contributed by atoms with van der Waals surface area (Å²) in [5.41, 5.74) is 5.46. The van der Waals surface area contributed by atoms with E-state index in [1.807, 2.05) is 6.07 Å². The molecule has 0 bridgehead atoms. The Labute approximate surface area is 221 Å². The average Bonchev–Trinajstić information content (AvgIpc) is 3.32. The summed E-state index contributed by atoms with van der Waals surface area (Å²) in [6, 6.07) is 13.5. The molecule has 1 amide bonds. The highest BCUT2D eigenvalue weighted by molar-refractivity contribution is 6.28. The number of carbonyl (C=O) groups excluding carboxylic acids is 1. The zero-order valence-electron chi connectivity index (χ0n) is 21.8. The van der Waals surface area contributed by atoms with Gasteiger partial charge in [0, 0.05) is 30.6 Å². The Kier molecular flexibility index (Phi) is 6.85. The van der Waals surface area contributed by atoms with Crippen LogP contribution < -0.4 is 10.3 Å². The molecule has 3 N–H and O–H groups in total. The zero-order valence-corrected chi connectivity index (χ0v) is 22.5. The number of H-pyrrole nitrogens is 1. The first kappa shape index (κ1) is 24.4. The van der Waals surface area contributed by atoms with Crippen LogP contribution in [-0.2, 0) is 16.6 Å². The van der Waals surface area contributed by atoms with Gasteiger partial charge in [-0.3, -0.25) is 4.79 Å². The average molecular weight is 508 g/mol. The van der Waals surface area contributed by atoms with Crippen molar-refractivity contribution < 1.29 is 15.1 Å². The van der Waals surface area contributed by atoms with Crippen molar-refractivity contribution in [1.82, 2.24) is 4.90 Å². The Bertz CT molecular complexity index is 1110. The summed E-state index contributed by atoms with van der Waals surface area (Å²) in [6.07, 6.45) is 12.1. The van der Waals surface area contributed by atoms with Gasteiger partial charge in [-0.15, -0.1) is 0 Å². The minimum absolute atomic E-state index is 0.0598. The summed E-state index contributed by atoms with van der Waals surface area (Å²) in [5.74, 6) is 1.72. The highest BCUT2D eigenvalue weighted by atomic mass is 35.5. The van der Waals surface area contributed by atoms with Crippen molar-refractivity contribution in [3.63, 3.8) is 0 Å². The van der Waals surface area contributed by atoms with Crippen molar-refractivity contribution in [2.45, 2.75) is 88.5 Å². The summed E-state index contributed by atoms with van der Waals surface area (Å²) in [4.78, 5) is 20.4. The van der Waals surface area contributed by atoms with Gasteiger partial charge in [-0.2, -0.15) is 4.98 Å². The van der Waals surface area contributed by atoms with Crippen LogP contribution >= 0.6 is 11.6 Å². The molecule has 2 saturated heterocycles. The van der Waals surface area contributed by atoms with Gasteiger partial charge in [0.05, 0.1) is 18.5 Å². The quantitative estimate of drug-likeness (QED) is 0.607. The SMILES string of the molecule is Cc1ccccc1[C@@H]1CCN(C(=O)[C@@H]2C[NH2+]C[C@]23CCCc2[nH+]c(Cl)ccc23)[C@H](C2CCCCC2)C1. The Morgan fingerprint density at radius 3 is 2.75 bits per heavy atom. The minimum Gasteiger partial charge on any atom is -0.345 e. The largest absolute Gasteiger partial charge is 0.345 e. The zero-order chi connectivity index (χ0) is 24.7. The Hall–Kier alpha value is -1.91. The number of fused-ring (bicyclic) bond motifs is 2. The molecule has 1 aromatic carbocycles. The molecule has 192 valence electrons. The molecule has 2 aliphatic carbocycles. The molecular weight excluding hydrogens is 466 g/mol. The van der Waals surface area contributed by atoms with E-state index in [1.54, 1.807) is 0 Å². The van der Waals surface area contributed by atoms with Crippen LogP contribution in [0.5, 0.6) is 0 Å². The molecule has 4 atom stereocenters. The molecule has 4 aliphatic rings. The standard InChI is InChI=1S/C31H40ClN3O/c1-21-8-5-6-11-24(21)23-15-17-35(28(18-23)22-9-3-2-4-10-22)30(36)26-19-33-20-31(26)16-7-12-27-25(31)13-14-29(32)34-27/h5-6,8,11,13-14,22-23,26,28,33H,2-4,7,9-10,12,15-20H2,1H3/p+2/t23-,26+,28+,31+/m1/s1. The van der Waals surface area contributed by atoms with E-state index in [9.17, 15) is 4.79 Å². The Morgan fingerprint density at radius 1 is 1.08 bits per heavy atom. The lowest BCUT2D eigenvalue weighted by Gasteiger charge is -2.47. The van der Waals surface area contributed by atoms with Crippen LogP contribution in [0.25, 0.3) is 0 Å². The van der Waals surface area contributed by atoms with Gasteiger partial charge >= 0.3 is 0 Å². The Morgan fingerprint density at radius 2 is 1.92 bits per heavy atom. The van der Waals surface area contributed by atoms with E-state index in [0.717, 1.165) is 51.7 Å². The van der Waals surface area contributed by atoms with Gasteiger partial charge in [0.2, 0.25) is 5.91 Å². The number of nitrogens with two attached hydrogens (primary N) is 1. The highest BCUT2D eigenvalue weighted by Gasteiger charge is 2.56. The molecule has 3 heterocycles. The fraction of sp³-hybridized carbons (Fsp3) is 0.613. The molecular formula is C31H42ClN3O+2. The smallest absolute Gasteiger partial charge is 0.273 e. The molecule has 36 heavy (non-hydrogen) atoms. The number of halogens is 1. The van der Waals surface area contributed by atoms with Gasteiger partial charge < -0.3 is 10.2 Å². The van der Waals surface area contributed by atoms with Gasteiger partial charge in [-0.25, -0.2) is 0 Å². The summed E-state index contributed by atoms with van der Waals surface area (Å²) < 4.78 is 0. The summed E-state index contributed by atoms with van der Waals surface area (Å²) in [7, 11) is 0. The third kappa shape index (κ3) is 4.28. The number of aromatic amines is 1. The fourth-order valence-corrected chi connectivity index (χ4v) is 8.62. The number of aromatic nitrogens is 1. The number of quaternary nitrogens is 1. The number of likely N-dealkylation sites (tertiary alicyclic amines) is 1. The molecule has 3 fully saturated rings. The molecule has 2 aromatic rings. The van der Waals surface area contributed by atoms with Crippen molar-refractivity contribution in [2.75, 3.05) is 19.6 Å². The lowest BCUT2D eigenvalue weighted by atomic mass is 9.64. The van der Waals surface area contributed by atoms with Gasteiger partial charge in [0.25, 0.3) is 5.15 Å². The minimum atomic E-state index is -0.0598. The number of hydrogen-bond acceptors (Lipinski definition) is 1. The number of pyridine rings is 1. The lowest BCUT2D eigenvalue weighted by Crippen LogP contribution is -2.82. The lowest BCUT2D eigenvalue weighted by molar-refractivity contribution is -0.640. The molecule has 1 aromatic heterocycles. The van der Waals surface area contributed by atoms with Gasteiger partial charge in [0.1, 0.15) is 5.92 Å². The van der Waals surface area contributed by atoms with Crippen LogP contribution in [0.1, 0.15) is 86.1 Å². The first-order valence-corrected chi connectivity index (χ1v) is 14.8. The van der Waals surface area contributed by atoms with E-state index in [4.69, 9.17) is 11.6 Å². The molecule has 5 heteroatoms. The van der Waals surface area contributed by atoms with Gasteiger partial charge in [-0.05, 0) is 86.1 Å². The second kappa shape index (κ2) is 10.1. The van der Waals surface area contributed by atoms with Crippen molar-refractivity contribution in [3.05, 3.63) is 63.9 Å². The van der Waals surface area contributed by atoms with E-state index in [1.165, 1.54) is 54.5 Å². The third-order valence-corrected chi connectivity index (χ3v) is 10.4. The number of nitrogens with zero attached hydrogens (tertiary/aromatic N) is 1. The second-order valence-corrected chi connectivity index (χ2v) is 12.5. The van der Waals surface area contributed by atoms with Crippen LogP contribution in [0.4, 0.5) is 0 Å². The molecule has 2 aliphatic heterocycles. The van der Waals surface area contributed by atoms with Crippen LogP contribution in [0.2, 0.25) is 5.15 Å². The van der Waals surface area contributed by atoms with Crippen LogP contribution in [0.15, 0.2) is 36.4 Å². The molecule has 1 spiro atoms. The molecule has 4 nitrogen and oxygen atoms in total. The van der Waals surface area contributed by atoms with Crippen molar-refractivity contribution in [2.24, 2.45) is 11.8 Å².